The van der Waals surface area contributed by atoms with Crippen molar-refractivity contribution in [2.45, 2.75) is 44.3 Å². The lowest BCUT2D eigenvalue weighted by atomic mass is 9.78. The third-order valence-electron chi connectivity index (χ3n) is 6.81. The Morgan fingerprint density at radius 2 is 1.70 bits per heavy atom. The lowest BCUT2D eigenvalue weighted by Gasteiger charge is -2.35. The minimum absolute atomic E-state index is 0.219. The van der Waals surface area contributed by atoms with Gasteiger partial charge in [0.05, 0.1) is 25.3 Å². The van der Waals surface area contributed by atoms with Crippen molar-refractivity contribution in [2.24, 2.45) is 11.8 Å². The van der Waals surface area contributed by atoms with Crippen LogP contribution in [0, 0.1) is 11.8 Å². The molecule has 1 aromatic rings. The zero-order valence-electron chi connectivity index (χ0n) is 17.7. The van der Waals surface area contributed by atoms with Crippen LogP contribution in [0.3, 0.4) is 0 Å². The summed E-state index contributed by atoms with van der Waals surface area (Å²) in [6.45, 7) is 4.07. The molecule has 3 fully saturated rings. The van der Waals surface area contributed by atoms with Crippen molar-refractivity contribution in [3.05, 3.63) is 29.8 Å². The van der Waals surface area contributed by atoms with Crippen molar-refractivity contribution >= 4 is 11.9 Å². The van der Waals surface area contributed by atoms with Crippen molar-refractivity contribution in [1.82, 2.24) is 9.80 Å². The number of amides is 1. The molecule has 7 nitrogen and oxygen atoms in total. The number of piperidine rings is 1. The summed E-state index contributed by atoms with van der Waals surface area (Å²) in [4.78, 5) is 28.6. The number of carbonyl (C=O) groups excluding carboxylic acids is 2. The minimum atomic E-state index is -0.552. The van der Waals surface area contributed by atoms with Gasteiger partial charge < -0.3 is 19.5 Å². The van der Waals surface area contributed by atoms with Crippen molar-refractivity contribution in [3.8, 4) is 5.75 Å². The molecule has 30 heavy (non-hydrogen) atoms. The molecule has 1 N–H and O–H groups in total. The predicted molar refractivity (Wildman–Crippen MR) is 111 cm³/mol. The Labute approximate surface area is 177 Å². The summed E-state index contributed by atoms with van der Waals surface area (Å²) in [6, 6.07) is 6.79. The second-order valence-corrected chi connectivity index (χ2v) is 8.87. The van der Waals surface area contributed by atoms with E-state index in [9.17, 15) is 14.7 Å². The van der Waals surface area contributed by atoms with Crippen LogP contribution in [0.2, 0.25) is 0 Å². The SMILES string of the molecule is COC(=O)c1ccc(O[C@@H]2C[C@@H]3CN(C(=O)CN4CCCCC4)C[C@@H]3C[C@H]2O)cc1. The number of hydrogen-bond acceptors (Lipinski definition) is 6. The van der Waals surface area contributed by atoms with Crippen LogP contribution < -0.4 is 4.74 Å². The van der Waals surface area contributed by atoms with Gasteiger partial charge in [-0.1, -0.05) is 6.42 Å². The fourth-order valence-corrected chi connectivity index (χ4v) is 5.09. The standard InChI is InChI=1S/C23H32N2O5/c1-29-23(28)16-5-7-19(8-6-16)30-21-12-18-14-25(13-17(18)11-20(21)26)22(27)15-24-9-3-2-4-10-24/h5-8,17-18,20-21,26H,2-4,9-15H2,1H3/t17-,18+,20+,21+/m0/s1. The first-order chi connectivity index (χ1) is 14.5. The third kappa shape index (κ3) is 4.78. The second-order valence-electron chi connectivity index (χ2n) is 8.87. The van der Waals surface area contributed by atoms with E-state index in [1.54, 1.807) is 24.3 Å². The summed E-state index contributed by atoms with van der Waals surface area (Å²) in [5.74, 6) is 1.16. The van der Waals surface area contributed by atoms with E-state index in [-0.39, 0.29) is 18.0 Å². The number of aliphatic hydroxyl groups is 1. The van der Waals surface area contributed by atoms with Crippen LogP contribution in [0.5, 0.6) is 5.75 Å². The molecule has 1 saturated carbocycles. The van der Waals surface area contributed by atoms with Crippen molar-refractivity contribution < 1.29 is 24.2 Å². The number of fused-ring (bicyclic) bond motifs is 1. The van der Waals surface area contributed by atoms with Crippen LogP contribution in [-0.4, -0.2) is 78.8 Å². The van der Waals surface area contributed by atoms with Crippen LogP contribution in [-0.2, 0) is 9.53 Å². The maximum Gasteiger partial charge on any atom is 0.337 e. The number of benzene rings is 1. The maximum absolute atomic E-state index is 12.8. The number of ether oxygens (including phenoxy) is 2. The molecule has 1 aromatic carbocycles. The molecule has 2 aliphatic heterocycles. The van der Waals surface area contributed by atoms with E-state index in [1.165, 1.54) is 26.4 Å². The van der Waals surface area contributed by atoms with Gasteiger partial charge in [0.2, 0.25) is 5.91 Å². The highest BCUT2D eigenvalue weighted by molar-refractivity contribution is 5.89. The van der Waals surface area contributed by atoms with Gasteiger partial charge in [0.1, 0.15) is 11.9 Å². The van der Waals surface area contributed by atoms with Gasteiger partial charge in [-0.2, -0.15) is 0 Å². The van der Waals surface area contributed by atoms with E-state index in [1.807, 2.05) is 4.90 Å². The Morgan fingerprint density at radius 1 is 1.03 bits per heavy atom. The Bertz CT molecular complexity index is 746. The van der Waals surface area contributed by atoms with E-state index in [0.717, 1.165) is 32.6 Å². The molecular formula is C23H32N2O5. The maximum atomic E-state index is 12.8. The number of hydrogen-bond donors (Lipinski definition) is 1. The molecule has 2 saturated heterocycles. The molecule has 0 bridgehead atoms. The van der Waals surface area contributed by atoms with Gasteiger partial charge in [-0.05, 0) is 74.9 Å². The van der Waals surface area contributed by atoms with Gasteiger partial charge >= 0.3 is 5.97 Å². The summed E-state index contributed by atoms with van der Waals surface area (Å²) < 4.78 is 10.8. The monoisotopic (exact) mass is 416 g/mol. The van der Waals surface area contributed by atoms with Crippen LogP contribution >= 0.6 is 0 Å². The number of carbonyl (C=O) groups is 2. The summed E-state index contributed by atoms with van der Waals surface area (Å²) in [5.41, 5.74) is 0.466. The predicted octanol–water partition coefficient (Wildman–Crippen LogP) is 1.94. The molecule has 0 radical (unpaired) electrons. The molecule has 7 heteroatoms. The Kier molecular flexibility index (Phi) is 6.58. The summed E-state index contributed by atoms with van der Waals surface area (Å²) in [6.07, 6.45) is 4.18. The average Bonchev–Trinajstić information content (AvgIpc) is 3.17. The van der Waals surface area contributed by atoms with Crippen LogP contribution in [0.1, 0.15) is 42.5 Å². The largest absolute Gasteiger partial charge is 0.488 e. The van der Waals surface area contributed by atoms with E-state index in [2.05, 4.69) is 4.90 Å². The topological polar surface area (TPSA) is 79.3 Å². The van der Waals surface area contributed by atoms with Crippen LogP contribution in [0.15, 0.2) is 24.3 Å². The first kappa shape index (κ1) is 21.1. The van der Waals surface area contributed by atoms with Crippen molar-refractivity contribution in [2.75, 3.05) is 39.8 Å². The number of nitrogens with zero attached hydrogens (tertiary/aromatic N) is 2. The highest BCUT2D eigenvalue weighted by atomic mass is 16.5. The lowest BCUT2D eigenvalue weighted by Crippen LogP contribution is -2.42. The van der Waals surface area contributed by atoms with Gasteiger partial charge in [-0.25, -0.2) is 4.79 Å². The number of esters is 1. The highest BCUT2D eigenvalue weighted by Crippen LogP contribution is 2.38. The third-order valence-corrected chi connectivity index (χ3v) is 6.81. The minimum Gasteiger partial charge on any atom is -0.488 e. The molecule has 164 valence electrons. The second kappa shape index (κ2) is 9.35. The average molecular weight is 417 g/mol. The normalized spacial score (nSPS) is 29.3. The molecule has 0 aromatic heterocycles. The molecule has 4 rings (SSSR count). The summed E-state index contributed by atoms with van der Waals surface area (Å²) in [5, 5.41) is 10.6. The van der Waals surface area contributed by atoms with Crippen LogP contribution in [0.4, 0.5) is 0 Å². The Balaban J connectivity index is 1.31. The lowest BCUT2D eigenvalue weighted by molar-refractivity contribution is -0.131. The zero-order valence-corrected chi connectivity index (χ0v) is 17.7. The summed E-state index contributed by atoms with van der Waals surface area (Å²) in [7, 11) is 1.35. The molecule has 1 aliphatic carbocycles. The van der Waals surface area contributed by atoms with E-state index in [0.29, 0.717) is 36.1 Å². The fourth-order valence-electron chi connectivity index (χ4n) is 5.09. The molecule has 0 unspecified atom stereocenters. The Morgan fingerprint density at radius 3 is 2.37 bits per heavy atom. The molecule has 4 atom stereocenters. The molecule has 3 aliphatic rings. The van der Waals surface area contributed by atoms with Gasteiger partial charge in [-0.15, -0.1) is 0 Å². The van der Waals surface area contributed by atoms with Crippen molar-refractivity contribution in [3.63, 3.8) is 0 Å². The fraction of sp³-hybridized carbons (Fsp3) is 0.652. The number of methoxy groups -OCH3 is 1. The van der Waals surface area contributed by atoms with Gasteiger partial charge in [-0.3, -0.25) is 9.69 Å². The molecule has 1 amide bonds. The van der Waals surface area contributed by atoms with E-state index in [4.69, 9.17) is 9.47 Å². The smallest absolute Gasteiger partial charge is 0.337 e. The Hall–Kier alpha value is -2.12. The van der Waals surface area contributed by atoms with Gasteiger partial charge in [0, 0.05) is 13.1 Å². The van der Waals surface area contributed by atoms with Crippen molar-refractivity contribution in [1.29, 1.82) is 0 Å². The van der Waals surface area contributed by atoms with E-state index >= 15 is 0 Å². The number of likely N-dealkylation sites (tertiary alicyclic amines) is 2. The zero-order chi connectivity index (χ0) is 21.1. The number of rotatable bonds is 5. The van der Waals surface area contributed by atoms with Crippen LogP contribution in [0.25, 0.3) is 0 Å². The van der Waals surface area contributed by atoms with E-state index < -0.39 is 6.10 Å². The van der Waals surface area contributed by atoms with Gasteiger partial charge in [0.15, 0.2) is 0 Å². The summed E-state index contributed by atoms with van der Waals surface area (Å²) >= 11 is 0. The molecule has 2 heterocycles. The molecule has 0 spiro atoms. The van der Waals surface area contributed by atoms with Gasteiger partial charge in [0.25, 0.3) is 0 Å². The highest BCUT2D eigenvalue weighted by Gasteiger charge is 2.44. The molecular weight excluding hydrogens is 384 g/mol. The quantitative estimate of drug-likeness (QED) is 0.739. The first-order valence-electron chi connectivity index (χ1n) is 11.1. The first-order valence-corrected chi connectivity index (χ1v) is 11.1. The number of aliphatic hydroxyl groups excluding tert-OH is 1.